The van der Waals surface area contributed by atoms with E-state index in [9.17, 15) is 8.42 Å². The molecule has 0 aromatic heterocycles. The fourth-order valence-corrected chi connectivity index (χ4v) is 3.00. The van der Waals surface area contributed by atoms with E-state index in [1.165, 1.54) is 22.3 Å². The minimum Gasteiger partial charge on any atom is -0.384 e. The van der Waals surface area contributed by atoms with E-state index in [1.807, 2.05) is 24.3 Å². The van der Waals surface area contributed by atoms with Crippen LogP contribution < -0.4 is 5.32 Å². The van der Waals surface area contributed by atoms with E-state index in [2.05, 4.69) is 23.5 Å². The average Bonchev–Trinajstić information content (AvgIpc) is 2.77. The van der Waals surface area contributed by atoms with E-state index in [0.717, 1.165) is 12.1 Å². The number of hydrogen-bond donors (Lipinski definition) is 2. The van der Waals surface area contributed by atoms with Crippen molar-refractivity contribution in [2.75, 3.05) is 17.6 Å². The summed E-state index contributed by atoms with van der Waals surface area (Å²) in [5.41, 5.74) is 5.83. The molecule has 2 N–H and O–H groups in total. The molecule has 0 atom stereocenters. The van der Waals surface area contributed by atoms with Crippen LogP contribution in [-0.2, 0) is 16.5 Å². The van der Waals surface area contributed by atoms with Crippen molar-refractivity contribution in [1.82, 2.24) is 0 Å². The van der Waals surface area contributed by atoms with Crippen molar-refractivity contribution in [3.05, 3.63) is 53.6 Å². The van der Waals surface area contributed by atoms with Crippen LogP contribution in [0.1, 0.15) is 11.1 Å². The lowest BCUT2D eigenvalue weighted by atomic mass is 10.1. The highest BCUT2D eigenvalue weighted by Crippen LogP contribution is 2.39. The van der Waals surface area contributed by atoms with Gasteiger partial charge >= 0.3 is 0 Å². The van der Waals surface area contributed by atoms with Crippen LogP contribution in [0, 0.1) is 0 Å². The Morgan fingerprint density at radius 3 is 2.60 bits per heavy atom. The van der Waals surface area contributed by atoms with Crippen LogP contribution in [0.5, 0.6) is 0 Å². The number of fused-ring (bicyclic) bond motifs is 3. The van der Waals surface area contributed by atoms with E-state index in [0.29, 0.717) is 0 Å². The molecule has 4 nitrogen and oxygen atoms in total. The van der Waals surface area contributed by atoms with Gasteiger partial charge < -0.3 is 5.32 Å². The van der Waals surface area contributed by atoms with Crippen LogP contribution in [-0.4, -0.2) is 25.3 Å². The van der Waals surface area contributed by atoms with Gasteiger partial charge in [-0.15, -0.1) is 0 Å². The molecule has 2 aromatic rings. The second-order valence-corrected chi connectivity index (χ2v) is 6.45. The first-order valence-corrected chi connectivity index (χ1v) is 8.05. The van der Waals surface area contributed by atoms with Crippen LogP contribution in [0.15, 0.2) is 42.5 Å². The summed E-state index contributed by atoms with van der Waals surface area (Å²) in [4.78, 5) is 0. The maximum atomic E-state index is 10.7. The second-order valence-electron chi connectivity index (χ2n) is 4.88. The van der Waals surface area contributed by atoms with E-state index in [1.54, 1.807) is 0 Å². The Balaban J connectivity index is 1.86. The Morgan fingerprint density at radius 1 is 1.05 bits per heavy atom. The molecule has 0 fully saturated rings. The van der Waals surface area contributed by atoms with Crippen molar-refractivity contribution in [1.29, 1.82) is 0 Å². The summed E-state index contributed by atoms with van der Waals surface area (Å²) in [6.07, 6.45) is 0.848. The zero-order valence-electron chi connectivity index (χ0n) is 10.8. The topological polar surface area (TPSA) is 66.4 Å². The molecule has 0 heterocycles. The smallest absolute Gasteiger partial charge is 0.266 e. The number of benzene rings is 2. The van der Waals surface area contributed by atoms with Crippen molar-refractivity contribution in [2.24, 2.45) is 0 Å². The van der Waals surface area contributed by atoms with Gasteiger partial charge in [-0.05, 0) is 28.3 Å². The fraction of sp³-hybridized carbons (Fsp3) is 0.200. The highest BCUT2D eigenvalue weighted by atomic mass is 32.2. The summed E-state index contributed by atoms with van der Waals surface area (Å²) in [5.74, 6) is -0.288. The Labute approximate surface area is 118 Å². The van der Waals surface area contributed by atoms with Crippen LogP contribution in [0.4, 0.5) is 5.69 Å². The highest BCUT2D eigenvalue weighted by Gasteiger charge is 2.20. The third-order valence-electron chi connectivity index (χ3n) is 3.53. The molecule has 0 unspecified atom stereocenters. The standard InChI is InChI=1S/C15H15NO3S/c17-20(18,19)9-8-16-15-7-3-6-13-12-5-2-1-4-11(12)10-14(13)15/h1-7,16H,8-10H2,(H,17,18,19). The van der Waals surface area contributed by atoms with Crippen LogP contribution in [0.3, 0.4) is 0 Å². The average molecular weight is 289 g/mol. The molecule has 3 rings (SSSR count). The predicted octanol–water partition coefficient (Wildman–Crippen LogP) is 2.56. The lowest BCUT2D eigenvalue weighted by Gasteiger charge is -2.10. The second kappa shape index (κ2) is 4.92. The van der Waals surface area contributed by atoms with Gasteiger partial charge in [-0.25, -0.2) is 0 Å². The molecule has 0 bridgehead atoms. The molecule has 0 amide bonds. The molecule has 0 aliphatic heterocycles. The first-order valence-electron chi connectivity index (χ1n) is 6.44. The van der Waals surface area contributed by atoms with Crippen molar-refractivity contribution >= 4 is 15.8 Å². The molecule has 0 radical (unpaired) electrons. The zero-order chi connectivity index (χ0) is 14.2. The molecule has 0 saturated heterocycles. The first-order chi connectivity index (χ1) is 9.54. The number of rotatable bonds is 4. The summed E-state index contributed by atoms with van der Waals surface area (Å²) in [7, 11) is -3.92. The number of hydrogen-bond acceptors (Lipinski definition) is 3. The molecule has 2 aromatic carbocycles. The molecule has 5 heteroatoms. The summed E-state index contributed by atoms with van der Waals surface area (Å²) < 4.78 is 30.3. The lowest BCUT2D eigenvalue weighted by molar-refractivity contribution is 0.484. The van der Waals surface area contributed by atoms with Gasteiger partial charge in [0.05, 0.1) is 5.75 Å². The first kappa shape index (κ1) is 13.1. The van der Waals surface area contributed by atoms with Gasteiger partial charge in [0.15, 0.2) is 0 Å². The van der Waals surface area contributed by atoms with Gasteiger partial charge in [-0.3, -0.25) is 4.55 Å². The van der Waals surface area contributed by atoms with Gasteiger partial charge in [0.1, 0.15) is 0 Å². The summed E-state index contributed by atoms with van der Waals surface area (Å²) >= 11 is 0. The summed E-state index contributed by atoms with van der Waals surface area (Å²) in [6.45, 7) is 0.200. The molecule has 1 aliphatic rings. The predicted molar refractivity (Wildman–Crippen MR) is 79.6 cm³/mol. The third-order valence-corrected chi connectivity index (χ3v) is 4.25. The summed E-state index contributed by atoms with van der Waals surface area (Å²) in [5, 5.41) is 3.10. The van der Waals surface area contributed by atoms with Crippen molar-refractivity contribution in [2.45, 2.75) is 6.42 Å². The van der Waals surface area contributed by atoms with Gasteiger partial charge in [0, 0.05) is 18.7 Å². The molecular formula is C15H15NO3S. The van der Waals surface area contributed by atoms with Crippen molar-refractivity contribution < 1.29 is 13.0 Å². The zero-order valence-corrected chi connectivity index (χ0v) is 11.7. The maximum absolute atomic E-state index is 10.7. The van der Waals surface area contributed by atoms with E-state index >= 15 is 0 Å². The lowest BCUT2D eigenvalue weighted by Crippen LogP contribution is -2.15. The normalized spacial score (nSPS) is 12.8. The summed E-state index contributed by atoms with van der Waals surface area (Å²) in [6, 6.07) is 14.2. The molecular weight excluding hydrogens is 274 g/mol. The van der Waals surface area contributed by atoms with E-state index in [4.69, 9.17) is 4.55 Å². The fourth-order valence-electron chi connectivity index (χ4n) is 2.64. The molecule has 104 valence electrons. The Bertz CT molecular complexity index is 753. The van der Waals surface area contributed by atoms with Gasteiger partial charge in [-0.1, -0.05) is 36.4 Å². The Kier molecular flexibility index (Phi) is 3.23. The monoisotopic (exact) mass is 289 g/mol. The maximum Gasteiger partial charge on any atom is 0.266 e. The van der Waals surface area contributed by atoms with E-state index < -0.39 is 10.1 Å². The van der Waals surface area contributed by atoms with Crippen molar-refractivity contribution in [3.63, 3.8) is 0 Å². The molecule has 20 heavy (non-hydrogen) atoms. The van der Waals surface area contributed by atoms with Crippen LogP contribution >= 0.6 is 0 Å². The third kappa shape index (κ3) is 2.55. The van der Waals surface area contributed by atoms with Crippen molar-refractivity contribution in [3.8, 4) is 11.1 Å². The SMILES string of the molecule is O=S(=O)(O)CCNc1cccc2c1Cc1ccccc1-2. The van der Waals surface area contributed by atoms with Crippen LogP contribution in [0.2, 0.25) is 0 Å². The quantitative estimate of drug-likeness (QED) is 0.724. The minimum absolute atomic E-state index is 0.200. The Morgan fingerprint density at radius 2 is 1.80 bits per heavy atom. The molecule has 0 saturated carbocycles. The molecule has 0 spiro atoms. The van der Waals surface area contributed by atoms with E-state index in [-0.39, 0.29) is 12.3 Å². The van der Waals surface area contributed by atoms with Gasteiger partial charge in [-0.2, -0.15) is 8.42 Å². The van der Waals surface area contributed by atoms with Gasteiger partial charge in [0.2, 0.25) is 0 Å². The Hall–Kier alpha value is -1.85. The molecule has 1 aliphatic carbocycles. The van der Waals surface area contributed by atoms with Crippen LogP contribution in [0.25, 0.3) is 11.1 Å². The number of nitrogens with one attached hydrogen (secondary N) is 1. The highest BCUT2D eigenvalue weighted by molar-refractivity contribution is 7.85. The number of anilines is 1. The van der Waals surface area contributed by atoms with Gasteiger partial charge in [0.25, 0.3) is 10.1 Å². The largest absolute Gasteiger partial charge is 0.384 e. The minimum atomic E-state index is -3.92.